The van der Waals surface area contributed by atoms with Crippen LogP contribution >= 0.6 is 0 Å². The third-order valence-corrected chi connectivity index (χ3v) is 2.06. The quantitative estimate of drug-likeness (QED) is 0.735. The number of benzene rings is 1. The predicted molar refractivity (Wildman–Crippen MR) is 57.1 cm³/mol. The van der Waals surface area contributed by atoms with Crippen molar-refractivity contribution in [3.05, 3.63) is 36.0 Å². The number of rotatable bonds is 2. The molecule has 1 N–H and O–H groups in total. The van der Waals surface area contributed by atoms with Crippen molar-refractivity contribution < 1.29 is 4.84 Å². The molecule has 0 aliphatic carbocycles. The van der Waals surface area contributed by atoms with Crippen LogP contribution in [-0.2, 0) is 4.84 Å². The van der Waals surface area contributed by atoms with Gasteiger partial charge in [-0.1, -0.05) is 6.07 Å². The summed E-state index contributed by atoms with van der Waals surface area (Å²) in [6.45, 7) is 2.05. The van der Waals surface area contributed by atoms with Crippen LogP contribution in [0.3, 0.4) is 0 Å². The van der Waals surface area contributed by atoms with Gasteiger partial charge in [0.2, 0.25) is 0 Å². The highest BCUT2D eigenvalue weighted by molar-refractivity contribution is 5.90. The summed E-state index contributed by atoms with van der Waals surface area (Å²) in [5.74, 6) is 0. The average molecular weight is 188 g/mol. The van der Waals surface area contributed by atoms with Crippen molar-refractivity contribution in [2.75, 3.05) is 12.6 Å². The van der Waals surface area contributed by atoms with Gasteiger partial charge in [-0.05, 0) is 30.7 Å². The first-order valence-electron chi connectivity index (χ1n) is 4.45. The van der Waals surface area contributed by atoms with E-state index in [-0.39, 0.29) is 0 Å². The Kier molecular flexibility index (Phi) is 2.33. The van der Waals surface area contributed by atoms with Crippen LogP contribution in [0.5, 0.6) is 0 Å². The van der Waals surface area contributed by atoms with Crippen LogP contribution < -0.4 is 5.48 Å². The van der Waals surface area contributed by atoms with Gasteiger partial charge in [0, 0.05) is 11.6 Å². The van der Waals surface area contributed by atoms with Gasteiger partial charge in [0.1, 0.15) is 0 Å². The molecule has 0 unspecified atom stereocenters. The minimum Gasteiger partial charge on any atom is -0.279 e. The summed E-state index contributed by atoms with van der Waals surface area (Å²) >= 11 is 0. The molecule has 0 amide bonds. The summed E-state index contributed by atoms with van der Waals surface area (Å²) in [6, 6.07) is 8.08. The van der Waals surface area contributed by atoms with Gasteiger partial charge in [-0.15, -0.1) is 0 Å². The third-order valence-electron chi connectivity index (χ3n) is 2.06. The first-order chi connectivity index (χ1) is 6.81. The zero-order chi connectivity index (χ0) is 9.97. The summed E-state index contributed by atoms with van der Waals surface area (Å²) < 4.78 is 0. The number of nitrogens with zero attached hydrogens (tertiary/aromatic N) is 1. The van der Waals surface area contributed by atoms with Crippen molar-refractivity contribution in [1.82, 2.24) is 4.98 Å². The summed E-state index contributed by atoms with van der Waals surface area (Å²) in [5.41, 5.74) is 5.85. The summed E-state index contributed by atoms with van der Waals surface area (Å²) in [7, 11) is 1.59. The molecular weight excluding hydrogens is 176 g/mol. The van der Waals surface area contributed by atoms with Crippen LogP contribution in [0.25, 0.3) is 10.9 Å². The molecule has 2 rings (SSSR count). The fourth-order valence-corrected chi connectivity index (χ4v) is 1.53. The van der Waals surface area contributed by atoms with Crippen LogP contribution in [0.4, 0.5) is 5.69 Å². The predicted octanol–water partition coefficient (Wildman–Crippen LogP) is 2.52. The lowest BCUT2D eigenvalue weighted by Crippen LogP contribution is -1.97. The summed E-state index contributed by atoms with van der Waals surface area (Å²) in [6.07, 6.45) is 1.78. The Morgan fingerprint density at radius 2 is 2.21 bits per heavy atom. The highest BCUT2D eigenvalue weighted by Crippen LogP contribution is 2.22. The maximum absolute atomic E-state index is 4.90. The van der Waals surface area contributed by atoms with Gasteiger partial charge in [0.25, 0.3) is 0 Å². The molecule has 3 nitrogen and oxygen atoms in total. The second kappa shape index (κ2) is 3.64. The van der Waals surface area contributed by atoms with E-state index in [1.165, 1.54) is 5.56 Å². The molecule has 0 aliphatic heterocycles. The molecule has 0 atom stereocenters. The Bertz CT molecular complexity index is 454. The number of hydrogen-bond acceptors (Lipinski definition) is 3. The average Bonchev–Trinajstić information content (AvgIpc) is 2.18. The van der Waals surface area contributed by atoms with Crippen molar-refractivity contribution in [2.45, 2.75) is 6.92 Å². The molecule has 72 valence electrons. The molecule has 3 heteroatoms. The molecule has 0 radical (unpaired) electrons. The second-order valence-electron chi connectivity index (χ2n) is 3.19. The number of pyridine rings is 1. The van der Waals surface area contributed by atoms with Crippen LogP contribution in [0.15, 0.2) is 30.5 Å². The molecule has 0 saturated heterocycles. The summed E-state index contributed by atoms with van der Waals surface area (Å²) in [4.78, 5) is 9.20. The monoisotopic (exact) mass is 188 g/mol. The van der Waals surface area contributed by atoms with Crippen molar-refractivity contribution in [3.8, 4) is 0 Å². The molecule has 2 aromatic rings. The Morgan fingerprint density at radius 1 is 1.36 bits per heavy atom. The van der Waals surface area contributed by atoms with Gasteiger partial charge in [0.05, 0.1) is 18.3 Å². The lowest BCUT2D eigenvalue weighted by Gasteiger charge is -2.07. The number of hydrogen-bond donors (Lipinski definition) is 1. The SMILES string of the molecule is CONc1cc(C)cc2cccnc12. The number of anilines is 1. The van der Waals surface area contributed by atoms with Gasteiger partial charge in [-0.25, -0.2) is 0 Å². The largest absolute Gasteiger partial charge is 0.279 e. The molecular formula is C11H12N2O. The van der Waals surface area contributed by atoms with E-state index in [0.717, 1.165) is 16.6 Å². The van der Waals surface area contributed by atoms with E-state index in [1.54, 1.807) is 13.3 Å². The van der Waals surface area contributed by atoms with Crippen molar-refractivity contribution in [2.24, 2.45) is 0 Å². The lowest BCUT2D eigenvalue weighted by atomic mass is 10.1. The molecule has 1 aromatic carbocycles. The molecule has 0 spiro atoms. The van der Waals surface area contributed by atoms with Gasteiger partial charge in [-0.2, -0.15) is 0 Å². The van der Waals surface area contributed by atoms with E-state index in [9.17, 15) is 0 Å². The number of aromatic nitrogens is 1. The van der Waals surface area contributed by atoms with Crippen LogP contribution in [0.2, 0.25) is 0 Å². The fraction of sp³-hybridized carbons (Fsp3) is 0.182. The molecule has 1 aromatic heterocycles. The zero-order valence-electron chi connectivity index (χ0n) is 8.24. The molecule has 0 fully saturated rings. The molecule has 0 bridgehead atoms. The number of fused-ring (bicyclic) bond motifs is 1. The minimum atomic E-state index is 0.906. The van der Waals surface area contributed by atoms with E-state index in [0.29, 0.717) is 0 Å². The Balaban J connectivity index is 2.67. The van der Waals surface area contributed by atoms with Crippen molar-refractivity contribution in [3.63, 3.8) is 0 Å². The highest BCUT2D eigenvalue weighted by atomic mass is 16.6. The number of nitrogens with one attached hydrogen (secondary N) is 1. The van der Waals surface area contributed by atoms with E-state index in [4.69, 9.17) is 4.84 Å². The van der Waals surface area contributed by atoms with E-state index < -0.39 is 0 Å². The highest BCUT2D eigenvalue weighted by Gasteiger charge is 2.01. The van der Waals surface area contributed by atoms with E-state index in [2.05, 4.69) is 16.5 Å². The van der Waals surface area contributed by atoms with Crippen molar-refractivity contribution in [1.29, 1.82) is 0 Å². The third kappa shape index (κ3) is 1.54. The van der Waals surface area contributed by atoms with Gasteiger partial charge < -0.3 is 0 Å². The van der Waals surface area contributed by atoms with Crippen LogP contribution in [0, 0.1) is 6.92 Å². The first kappa shape index (κ1) is 8.97. The first-order valence-corrected chi connectivity index (χ1v) is 4.45. The molecule has 1 heterocycles. The van der Waals surface area contributed by atoms with Gasteiger partial charge in [-0.3, -0.25) is 15.3 Å². The van der Waals surface area contributed by atoms with Crippen LogP contribution in [-0.4, -0.2) is 12.1 Å². The lowest BCUT2D eigenvalue weighted by molar-refractivity contribution is 0.271. The Hall–Kier alpha value is -1.61. The molecule has 0 aliphatic rings. The molecule has 14 heavy (non-hydrogen) atoms. The maximum atomic E-state index is 4.90. The zero-order valence-corrected chi connectivity index (χ0v) is 8.24. The smallest absolute Gasteiger partial charge is 0.0956 e. The maximum Gasteiger partial charge on any atom is 0.0956 e. The number of aryl methyl sites for hydroxylation is 1. The normalized spacial score (nSPS) is 10.4. The van der Waals surface area contributed by atoms with Crippen LogP contribution in [0.1, 0.15) is 5.56 Å². The second-order valence-corrected chi connectivity index (χ2v) is 3.19. The minimum absolute atomic E-state index is 0.906. The fourth-order valence-electron chi connectivity index (χ4n) is 1.53. The van der Waals surface area contributed by atoms with Crippen molar-refractivity contribution >= 4 is 16.6 Å². The van der Waals surface area contributed by atoms with Gasteiger partial charge >= 0.3 is 0 Å². The van der Waals surface area contributed by atoms with E-state index >= 15 is 0 Å². The molecule has 0 saturated carbocycles. The van der Waals surface area contributed by atoms with E-state index in [1.807, 2.05) is 25.1 Å². The standard InChI is InChI=1S/C11H12N2O/c1-8-6-9-4-3-5-12-11(9)10(7-8)13-14-2/h3-7,13H,1-2H3. The Morgan fingerprint density at radius 3 is 3.00 bits per heavy atom. The Labute approximate surface area is 82.7 Å². The van der Waals surface area contributed by atoms with Gasteiger partial charge in [0.15, 0.2) is 0 Å². The topological polar surface area (TPSA) is 34.1 Å². The summed E-state index contributed by atoms with van der Waals surface area (Å²) in [5, 5.41) is 1.12.